The number of esters is 1. The number of methoxy groups -OCH3 is 1. The SMILES string of the molecule is C=CCN(C)S(=O)(=O)CC(=O)OC. The Balaban J connectivity index is 4.39. The van der Waals surface area contributed by atoms with Crippen molar-refractivity contribution in [3.05, 3.63) is 12.7 Å². The molecule has 0 aromatic heterocycles. The zero-order chi connectivity index (χ0) is 10.5. The fraction of sp³-hybridized carbons (Fsp3) is 0.571. The summed E-state index contributed by atoms with van der Waals surface area (Å²) < 4.78 is 27.8. The summed E-state index contributed by atoms with van der Waals surface area (Å²) in [4.78, 5) is 10.7. The number of hydrogen-bond acceptors (Lipinski definition) is 4. The van der Waals surface area contributed by atoms with Gasteiger partial charge in [0.25, 0.3) is 0 Å². The highest BCUT2D eigenvalue weighted by atomic mass is 32.2. The van der Waals surface area contributed by atoms with Crippen molar-refractivity contribution in [3.8, 4) is 0 Å². The van der Waals surface area contributed by atoms with Crippen molar-refractivity contribution >= 4 is 16.0 Å². The Labute approximate surface area is 78.0 Å². The van der Waals surface area contributed by atoms with Crippen LogP contribution in [0.1, 0.15) is 0 Å². The first-order valence-corrected chi connectivity index (χ1v) is 5.16. The van der Waals surface area contributed by atoms with Gasteiger partial charge in [0.05, 0.1) is 7.11 Å². The Morgan fingerprint density at radius 2 is 2.15 bits per heavy atom. The summed E-state index contributed by atoms with van der Waals surface area (Å²) >= 11 is 0. The van der Waals surface area contributed by atoms with Gasteiger partial charge in [0.15, 0.2) is 5.75 Å². The van der Waals surface area contributed by atoms with Crippen molar-refractivity contribution < 1.29 is 17.9 Å². The van der Waals surface area contributed by atoms with Crippen molar-refractivity contribution in [2.75, 3.05) is 26.5 Å². The third-order valence-electron chi connectivity index (χ3n) is 1.39. The summed E-state index contributed by atoms with van der Waals surface area (Å²) in [5.41, 5.74) is 0. The summed E-state index contributed by atoms with van der Waals surface area (Å²) in [5.74, 6) is -1.40. The molecule has 6 heteroatoms. The van der Waals surface area contributed by atoms with Gasteiger partial charge in [-0.3, -0.25) is 4.79 Å². The van der Waals surface area contributed by atoms with Gasteiger partial charge >= 0.3 is 5.97 Å². The Hall–Kier alpha value is -0.880. The average Bonchev–Trinajstić information content (AvgIpc) is 2.04. The molecule has 0 amide bonds. The Kier molecular flexibility index (Phi) is 4.64. The van der Waals surface area contributed by atoms with Crippen LogP contribution in [0.2, 0.25) is 0 Å². The van der Waals surface area contributed by atoms with Crippen LogP contribution in [-0.2, 0) is 19.6 Å². The summed E-state index contributed by atoms with van der Waals surface area (Å²) in [5, 5.41) is 0. The average molecular weight is 207 g/mol. The summed E-state index contributed by atoms with van der Waals surface area (Å²) in [6.07, 6.45) is 1.44. The maximum absolute atomic E-state index is 11.3. The molecule has 0 aromatic rings. The number of ether oxygens (including phenoxy) is 1. The first-order chi connectivity index (χ1) is 5.94. The molecular formula is C7H13NO4S. The Bertz CT molecular complexity index is 283. The Morgan fingerprint density at radius 3 is 2.54 bits per heavy atom. The zero-order valence-corrected chi connectivity index (χ0v) is 8.50. The molecule has 0 atom stereocenters. The molecule has 0 aromatic carbocycles. The standard InChI is InChI=1S/C7H13NO4S/c1-4-5-8(2)13(10,11)6-7(9)12-3/h4H,1,5-6H2,2-3H3. The number of carbonyl (C=O) groups is 1. The van der Waals surface area contributed by atoms with Crippen molar-refractivity contribution in [2.45, 2.75) is 0 Å². The van der Waals surface area contributed by atoms with E-state index in [0.717, 1.165) is 11.4 Å². The van der Waals surface area contributed by atoms with Crippen LogP contribution in [0.25, 0.3) is 0 Å². The summed E-state index contributed by atoms with van der Waals surface area (Å²) in [7, 11) is -1.03. The lowest BCUT2D eigenvalue weighted by atomic mass is 10.6. The van der Waals surface area contributed by atoms with Gasteiger partial charge in [0.2, 0.25) is 10.0 Å². The lowest BCUT2D eigenvalue weighted by molar-refractivity contribution is -0.137. The highest BCUT2D eigenvalue weighted by Crippen LogP contribution is 1.98. The molecule has 0 aliphatic carbocycles. The number of carbonyl (C=O) groups excluding carboxylic acids is 1. The smallest absolute Gasteiger partial charge is 0.322 e. The van der Waals surface area contributed by atoms with Gasteiger partial charge in [-0.25, -0.2) is 12.7 Å². The monoisotopic (exact) mass is 207 g/mol. The van der Waals surface area contributed by atoms with Gasteiger partial charge in [0.1, 0.15) is 0 Å². The molecule has 0 spiro atoms. The first-order valence-electron chi connectivity index (χ1n) is 3.55. The molecule has 0 aliphatic rings. The molecule has 76 valence electrons. The topological polar surface area (TPSA) is 63.7 Å². The first kappa shape index (κ1) is 12.1. The lowest BCUT2D eigenvalue weighted by Crippen LogP contribution is -2.32. The van der Waals surface area contributed by atoms with E-state index in [-0.39, 0.29) is 6.54 Å². The molecule has 5 nitrogen and oxygen atoms in total. The number of nitrogens with zero attached hydrogens (tertiary/aromatic N) is 1. The van der Waals surface area contributed by atoms with E-state index in [0.29, 0.717) is 0 Å². The quantitative estimate of drug-likeness (QED) is 0.455. The van der Waals surface area contributed by atoms with Gasteiger partial charge in [-0.05, 0) is 0 Å². The van der Waals surface area contributed by atoms with Crippen molar-refractivity contribution in [1.82, 2.24) is 4.31 Å². The predicted molar refractivity (Wildman–Crippen MR) is 48.6 cm³/mol. The highest BCUT2D eigenvalue weighted by molar-refractivity contribution is 7.89. The van der Waals surface area contributed by atoms with Crippen LogP contribution in [0.3, 0.4) is 0 Å². The van der Waals surface area contributed by atoms with E-state index in [2.05, 4.69) is 11.3 Å². The maximum Gasteiger partial charge on any atom is 0.322 e. The zero-order valence-electron chi connectivity index (χ0n) is 7.69. The molecule has 13 heavy (non-hydrogen) atoms. The van der Waals surface area contributed by atoms with E-state index in [4.69, 9.17) is 0 Å². The fourth-order valence-corrected chi connectivity index (χ4v) is 1.58. The number of rotatable bonds is 5. The second-order valence-electron chi connectivity index (χ2n) is 2.40. The minimum absolute atomic E-state index is 0.180. The van der Waals surface area contributed by atoms with Gasteiger partial charge in [-0.2, -0.15) is 0 Å². The normalized spacial score (nSPS) is 11.3. The van der Waals surface area contributed by atoms with E-state index in [1.165, 1.54) is 13.1 Å². The van der Waals surface area contributed by atoms with E-state index in [9.17, 15) is 13.2 Å². The molecule has 0 unspecified atom stereocenters. The third kappa shape index (κ3) is 4.05. The van der Waals surface area contributed by atoms with Crippen LogP contribution in [0.4, 0.5) is 0 Å². The molecule has 0 aliphatic heterocycles. The summed E-state index contributed by atoms with van der Waals surface area (Å²) in [6.45, 7) is 3.57. The van der Waals surface area contributed by atoms with Crippen LogP contribution < -0.4 is 0 Å². The van der Waals surface area contributed by atoms with E-state index < -0.39 is 21.7 Å². The Morgan fingerprint density at radius 1 is 1.62 bits per heavy atom. The van der Waals surface area contributed by atoms with Gasteiger partial charge in [-0.1, -0.05) is 6.08 Å². The summed E-state index contributed by atoms with van der Waals surface area (Å²) in [6, 6.07) is 0. The number of hydrogen-bond donors (Lipinski definition) is 0. The predicted octanol–water partition coefficient (Wildman–Crippen LogP) is -0.393. The maximum atomic E-state index is 11.3. The highest BCUT2D eigenvalue weighted by Gasteiger charge is 2.21. The minimum atomic E-state index is -3.55. The minimum Gasteiger partial charge on any atom is -0.468 e. The van der Waals surface area contributed by atoms with Crippen LogP contribution in [0, 0.1) is 0 Å². The van der Waals surface area contributed by atoms with Gasteiger partial charge in [-0.15, -0.1) is 6.58 Å². The van der Waals surface area contributed by atoms with E-state index in [1.807, 2.05) is 0 Å². The molecule has 0 saturated carbocycles. The second-order valence-corrected chi connectivity index (χ2v) is 4.48. The fourth-order valence-electron chi connectivity index (χ4n) is 0.613. The van der Waals surface area contributed by atoms with Crippen LogP contribution in [0.15, 0.2) is 12.7 Å². The van der Waals surface area contributed by atoms with E-state index >= 15 is 0 Å². The largest absolute Gasteiger partial charge is 0.468 e. The van der Waals surface area contributed by atoms with Crippen LogP contribution in [-0.4, -0.2) is 45.1 Å². The van der Waals surface area contributed by atoms with Crippen molar-refractivity contribution in [1.29, 1.82) is 0 Å². The molecule has 0 saturated heterocycles. The molecular weight excluding hydrogens is 194 g/mol. The second kappa shape index (κ2) is 4.98. The molecule has 0 fully saturated rings. The molecule has 0 bridgehead atoms. The number of likely N-dealkylation sites (N-methyl/N-ethyl adjacent to an activating group) is 1. The molecule has 0 radical (unpaired) electrons. The van der Waals surface area contributed by atoms with E-state index in [1.54, 1.807) is 0 Å². The molecule has 0 N–H and O–H groups in total. The number of sulfonamides is 1. The van der Waals surface area contributed by atoms with Gasteiger partial charge < -0.3 is 4.74 Å². The van der Waals surface area contributed by atoms with Crippen molar-refractivity contribution in [3.63, 3.8) is 0 Å². The lowest BCUT2D eigenvalue weighted by Gasteiger charge is -2.13. The van der Waals surface area contributed by atoms with Gasteiger partial charge in [0, 0.05) is 13.6 Å². The van der Waals surface area contributed by atoms with Crippen molar-refractivity contribution in [2.24, 2.45) is 0 Å². The molecule has 0 rings (SSSR count). The van der Waals surface area contributed by atoms with Crippen LogP contribution >= 0.6 is 0 Å². The molecule has 0 heterocycles. The third-order valence-corrected chi connectivity index (χ3v) is 3.09. The van der Waals surface area contributed by atoms with Crippen LogP contribution in [0.5, 0.6) is 0 Å².